The molecule has 17 heavy (non-hydrogen) atoms. The van der Waals surface area contributed by atoms with E-state index in [0.29, 0.717) is 6.10 Å². The van der Waals surface area contributed by atoms with Crippen LogP contribution in [0.2, 0.25) is 0 Å². The quantitative estimate of drug-likeness (QED) is 0.823. The van der Waals surface area contributed by atoms with Gasteiger partial charge in [0.25, 0.3) is 0 Å². The van der Waals surface area contributed by atoms with Gasteiger partial charge in [-0.1, -0.05) is 0 Å². The van der Waals surface area contributed by atoms with Gasteiger partial charge in [0.05, 0.1) is 18.8 Å². The van der Waals surface area contributed by atoms with E-state index in [-0.39, 0.29) is 19.4 Å². The highest BCUT2D eigenvalue weighted by Crippen LogP contribution is 2.38. The summed E-state index contributed by atoms with van der Waals surface area (Å²) in [6, 6.07) is 0. The summed E-state index contributed by atoms with van der Waals surface area (Å²) < 4.78 is 17.5. The van der Waals surface area contributed by atoms with Crippen LogP contribution in [0.5, 0.6) is 0 Å². The van der Waals surface area contributed by atoms with E-state index in [4.69, 9.17) is 4.74 Å². The maximum atomic E-state index is 12.0. The van der Waals surface area contributed by atoms with Gasteiger partial charge in [-0.3, -0.25) is 0 Å². The molecule has 0 aromatic heterocycles. The molecule has 0 atom stereocenters. The molecule has 3 heteroatoms. The van der Waals surface area contributed by atoms with Gasteiger partial charge >= 0.3 is 0 Å². The van der Waals surface area contributed by atoms with Gasteiger partial charge in [-0.15, -0.1) is 0 Å². The lowest BCUT2D eigenvalue weighted by molar-refractivity contribution is -0.00150. The van der Waals surface area contributed by atoms with Crippen molar-refractivity contribution in [2.24, 2.45) is 11.8 Å². The predicted octanol–water partition coefficient (Wildman–Crippen LogP) is 3.08. The zero-order chi connectivity index (χ0) is 12.1. The molecule has 0 bridgehead atoms. The monoisotopic (exact) mass is 244 g/mol. The molecule has 2 rings (SSSR count). The van der Waals surface area contributed by atoms with Crippen LogP contribution in [0.4, 0.5) is 4.39 Å². The second-order valence-electron chi connectivity index (χ2n) is 5.67. The molecule has 0 unspecified atom stereocenters. The summed E-state index contributed by atoms with van der Waals surface area (Å²) in [6.45, 7) is -0.0919. The van der Waals surface area contributed by atoms with Crippen LogP contribution in [0.25, 0.3) is 0 Å². The first-order chi connectivity index (χ1) is 8.29. The summed E-state index contributed by atoms with van der Waals surface area (Å²) in [5, 5.41) is 9.51. The number of alkyl halides is 1. The average Bonchev–Trinajstić information content (AvgIpc) is 2.38. The molecule has 0 heterocycles. The lowest BCUT2D eigenvalue weighted by Gasteiger charge is -2.36. The van der Waals surface area contributed by atoms with E-state index in [1.165, 1.54) is 25.7 Å². The Morgan fingerprint density at radius 1 is 0.882 bits per heavy atom. The third kappa shape index (κ3) is 3.92. The Morgan fingerprint density at radius 3 is 1.94 bits per heavy atom. The minimum Gasteiger partial charge on any atom is -0.393 e. The van der Waals surface area contributed by atoms with Crippen LogP contribution in [0.1, 0.15) is 51.4 Å². The Balaban J connectivity index is 1.68. The summed E-state index contributed by atoms with van der Waals surface area (Å²) in [5.74, 6) is 1.65. The summed E-state index contributed by atoms with van der Waals surface area (Å²) in [4.78, 5) is 0. The third-order valence-corrected chi connectivity index (χ3v) is 4.56. The second-order valence-corrected chi connectivity index (χ2v) is 5.67. The van der Waals surface area contributed by atoms with Gasteiger partial charge in [0.2, 0.25) is 0 Å². The molecule has 0 aliphatic heterocycles. The molecule has 0 aromatic carbocycles. The van der Waals surface area contributed by atoms with E-state index >= 15 is 0 Å². The van der Waals surface area contributed by atoms with Crippen molar-refractivity contribution < 1.29 is 14.2 Å². The fourth-order valence-electron chi connectivity index (χ4n) is 3.51. The summed E-state index contributed by atoms with van der Waals surface area (Å²) >= 11 is 0. The summed E-state index contributed by atoms with van der Waals surface area (Å²) in [6.07, 6.45) is 9.30. The van der Waals surface area contributed by atoms with Crippen molar-refractivity contribution >= 4 is 0 Å². The number of halogens is 1. The topological polar surface area (TPSA) is 29.5 Å². The Hall–Kier alpha value is -0.150. The van der Waals surface area contributed by atoms with E-state index in [2.05, 4.69) is 0 Å². The highest BCUT2D eigenvalue weighted by atomic mass is 19.1. The van der Waals surface area contributed by atoms with E-state index in [9.17, 15) is 9.50 Å². The summed E-state index contributed by atoms with van der Waals surface area (Å²) in [7, 11) is 0. The van der Waals surface area contributed by atoms with Crippen molar-refractivity contribution in [3.8, 4) is 0 Å². The Kier molecular flexibility index (Phi) is 5.23. The standard InChI is InChI=1S/C14H25FO2/c15-9-10-17-14-7-3-12(4-8-14)11-1-5-13(16)6-2-11/h11-14,16H,1-10H2. The largest absolute Gasteiger partial charge is 0.393 e. The van der Waals surface area contributed by atoms with Gasteiger partial charge < -0.3 is 9.84 Å². The fraction of sp³-hybridized carbons (Fsp3) is 1.00. The van der Waals surface area contributed by atoms with E-state index in [1.54, 1.807) is 0 Å². The number of rotatable bonds is 4. The number of aliphatic hydroxyl groups excluding tert-OH is 1. The first kappa shape index (κ1) is 13.3. The van der Waals surface area contributed by atoms with E-state index in [1.807, 2.05) is 0 Å². The van der Waals surface area contributed by atoms with Crippen molar-refractivity contribution in [3.05, 3.63) is 0 Å². The Labute approximate surface area is 104 Å². The molecule has 2 nitrogen and oxygen atoms in total. The molecule has 0 saturated heterocycles. The van der Waals surface area contributed by atoms with Crippen molar-refractivity contribution in [1.29, 1.82) is 0 Å². The minimum absolute atomic E-state index is 0.0459. The van der Waals surface area contributed by atoms with Crippen LogP contribution in [0.15, 0.2) is 0 Å². The molecule has 0 aromatic rings. The van der Waals surface area contributed by atoms with E-state index < -0.39 is 0 Å². The molecule has 2 aliphatic carbocycles. The maximum Gasteiger partial charge on any atom is 0.113 e. The molecular formula is C14H25FO2. The molecule has 0 radical (unpaired) electrons. The van der Waals surface area contributed by atoms with E-state index in [0.717, 1.165) is 37.5 Å². The van der Waals surface area contributed by atoms with Gasteiger partial charge in [0, 0.05) is 0 Å². The SMILES string of the molecule is OC1CCC(C2CCC(OCCF)CC2)CC1. The predicted molar refractivity (Wildman–Crippen MR) is 65.6 cm³/mol. The molecular weight excluding hydrogens is 219 g/mol. The lowest BCUT2D eigenvalue weighted by atomic mass is 9.72. The average molecular weight is 244 g/mol. The highest BCUT2D eigenvalue weighted by Gasteiger charge is 2.30. The first-order valence-corrected chi connectivity index (χ1v) is 7.15. The Bertz CT molecular complexity index is 206. The number of aliphatic hydroxyl groups is 1. The zero-order valence-electron chi connectivity index (χ0n) is 10.6. The number of hydrogen-bond donors (Lipinski definition) is 1. The van der Waals surface area contributed by atoms with Crippen LogP contribution in [0.3, 0.4) is 0 Å². The van der Waals surface area contributed by atoms with Crippen molar-refractivity contribution in [2.45, 2.75) is 63.6 Å². The minimum atomic E-state index is -0.361. The van der Waals surface area contributed by atoms with Gasteiger partial charge in [-0.05, 0) is 63.2 Å². The van der Waals surface area contributed by atoms with Gasteiger partial charge in [-0.2, -0.15) is 0 Å². The van der Waals surface area contributed by atoms with Crippen LogP contribution < -0.4 is 0 Å². The highest BCUT2D eigenvalue weighted by molar-refractivity contribution is 4.82. The van der Waals surface area contributed by atoms with Crippen LogP contribution in [-0.4, -0.2) is 30.6 Å². The van der Waals surface area contributed by atoms with Crippen LogP contribution in [0, 0.1) is 11.8 Å². The fourth-order valence-corrected chi connectivity index (χ4v) is 3.51. The van der Waals surface area contributed by atoms with Gasteiger partial charge in [0.1, 0.15) is 6.67 Å². The van der Waals surface area contributed by atoms with Crippen molar-refractivity contribution in [3.63, 3.8) is 0 Å². The molecule has 2 saturated carbocycles. The first-order valence-electron chi connectivity index (χ1n) is 7.15. The molecule has 100 valence electrons. The molecule has 0 spiro atoms. The molecule has 2 aliphatic rings. The zero-order valence-corrected chi connectivity index (χ0v) is 10.6. The normalized spacial score (nSPS) is 39.2. The second kappa shape index (κ2) is 6.69. The maximum absolute atomic E-state index is 12.0. The summed E-state index contributed by atoms with van der Waals surface area (Å²) in [5.41, 5.74) is 0. The third-order valence-electron chi connectivity index (χ3n) is 4.56. The molecule has 2 fully saturated rings. The van der Waals surface area contributed by atoms with Crippen molar-refractivity contribution in [1.82, 2.24) is 0 Å². The van der Waals surface area contributed by atoms with Crippen LogP contribution >= 0.6 is 0 Å². The van der Waals surface area contributed by atoms with Gasteiger partial charge in [-0.25, -0.2) is 4.39 Å². The smallest absolute Gasteiger partial charge is 0.113 e. The van der Waals surface area contributed by atoms with Crippen molar-refractivity contribution in [2.75, 3.05) is 13.3 Å². The van der Waals surface area contributed by atoms with Gasteiger partial charge in [0.15, 0.2) is 0 Å². The molecule has 1 N–H and O–H groups in total. The Morgan fingerprint density at radius 2 is 1.41 bits per heavy atom. The van der Waals surface area contributed by atoms with Crippen LogP contribution in [-0.2, 0) is 4.74 Å². The lowest BCUT2D eigenvalue weighted by Crippen LogP contribution is -2.29. The molecule has 0 amide bonds. The number of hydrogen-bond acceptors (Lipinski definition) is 2. The number of ether oxygens (including phenoxy) is 1.